The Morgan fingerprint density at radius 2 is 2.00 bits per heavy atom. The van der Waals surface area contributed by atoms with Gasteiger partial charge in [0.05, 0.1) is 4.90 Å². The molecule has 1 aromatic heterocycles. The number of carbonyl (C=O) groups excluding carboxylic acids is 1. The van der Waals surface area contributed by atoms with Gasteiger partial charge < -0.3 is 5.32 Å². The summed E-state index contributed by atoms with van der Waals surface area (Å²) in [6.07, 6.45) is 5.26. The van der Waals surface area contributed by atoms with Crippen LogP contribution in [-0.2, 0) is 21.4 Å². The molecular weight excluding hydrogens is 357 g/mol. The minimum absolute atomic E-state index is 0.0387. The quantitative estimate of drug-likeness (QED) is 0.865. The molecule has 0 bridgehead atoms. The number of nitrogens with zero attached hydrogens (tertiary/aromatic N) is 2. The fourth-order valence-electron chi connectivity index (χ4n) is 2.63. The van der Waals surface area contributed by atoms with Gasteiger partial charge >= 0.3 is 0 Å². The van der Waals surface area contributed by atoms with Gasteiger partial charge in [0.1, 0.15) is 5.82 Å². The average molecular weight is 375 g/mol. The van der Waals surface area contributed by atoms with Gasteiger partial charge in [-0.05, 0) is 42.3 Å². The highest BCUT2D eigenvalue weighted by molar-refractivity contribution is 7.89. The van der Waals surface area contributed by atoms with Gasteiger partial charge in [0.25, 0.3) is 0 Å². The van der Waals surface area contributed by atoms with Crippen LogP contribution in [0, 0.1) is 5.82 Å². The molecule has 0 spiro atoms. The number of nitrogens with one attached hydrogen (secondary N) is 1. The van der Waals surface area contributed by atoms with Gasteiger partial charge in [-0.15, -0.1) is 0 Å². The molecule has 1 N–H and O–H groups in total. The molecule has 136 valence electrons. The van der Waals surface area contributed by atoms with E-state index < -0.39 is 15.8 Å². The Bertz CT molecular complexity index is 912. The molecule has 8 heteroatoms. The molecule has 1 aliphatic heterocycles. The zero-order valence-electron chi connectivity index (χ0n) is 13.9. The average Bonchev–Trinajstić information content (AvgIpc) is 2.67. The summed E-state index contributed by atoms with van der Waals surface area (Å²) < 4.78 is 39.4. The van der Waals surface area contributed by atoms with Crippen LogP contribution in [0.25, 0.3) is 0 Å². The molecule has 0 saturated heterocycles. The lowest BCUT2D eigenvalue weighted by atomic mass is 10.1. The fraction of sp³-hybridized carbons (Fsp3) is 0.222. The zero-order valence-corrected chi connectivity index (χ0v) is 14.7. The molecule has 1 aliphatic rings. The molecule has 0 aliphatic carbocycles. The van der Waals surface area contributed by atoms with Crippen molar-refractivity contribution >= 4 is 15.9 Å². The monoisotopic (exact) mass is 375 g/mol. The standard InChI is InChI=1S/C18H18FN3O3S/c19-16-3-5-17(6-4-16)26(24,25)22-10-7-15(8-11-22)18(23)21-13-14-2-1-9-20-12-14/h1-7,9,12H,8,10-11,13H2,(H,21,23). The maximum atomic E-state index is 13.0. The van der Waals surface area contributed by atoms with Gasteiger partial charge in [-0.25, -0.2) is 12.8 Å². The van der Waals surface area contributed by atoms with Crippen LogP contribution in [0.15, 0.2) is 65.3 Å². The van der Waals surface area contributed by atoms with Crippen molar-refractivity contribution in [3.8, 4) is 0 Å². The molecule has 26 heavy (non-hydrogen) atoms. The van der Waals surface area contributed by atoms with E-state index in [4.69, 9.17) is 0 Å². The highest BCUT2D eigenvalue weighted by atomic mass is 32.2. The van der Waals surface area contributed by atoms with Gasteiger partial charge in [0, 0.05) is 37.6 Å². The van der Waals surface area contributed by atoms with Crippen molar-refractivity contribution in [1.29, 1.82) is 0 Å². The Hall–Kier alpha value is -2.58. The van der Waals surface area contributed by atoms with Crippen LogP contribution in [-0.4, -0.2) is 36.7 Å². The molecule has 2 heterocycles. The predicted octanol–water partition coefficient (Wildman–Crippen LogP) is 1.86. The summed E-state index contributed by atoms with van der Waals surface area (Å²) in [6.45, 7) is 0.669. The van der Waals surface area contributed by atoms with Crippen molar-refractivity contribution in [2.75, 3.05) is 13.1 Å². The third-order valence-electron chi connectivity index (χ3n) is 4.09. The number of carbonyl (C=O) groups is 1. The van der Waals surface area contributed by atoms with Crippen LogP contribution in [0.3, 0.4) is 0 Å². The normalized spacial score (nSPS) is 15.3. The highest BCUT2D eigenvalue weighted by Crippen LogP contribution is 2.21. The van der Waals surface area contributed by atoms with Crippen molar-refractivity contribution in [2.24, 2.45) is 0 Å². The second-order valence-electron chi connectivity index (χ2n) is 5.84. The number of sulfonamides is 1. The fourth-order valence-corrected chi connectivity index (χ4v) is 4.01. The number of pyridine rings is 1. The maximum Gasteiger partial charge on any atom is 0.247 e. The summed E-state index contributed by atoms with van der Waals surface area (Å²) in [7, 11) is -3.70. The van der Waals surface area contributed by atoms with Crippen LogP contribution in [0.1, 0.15) is 12.0 Å². The first kappa shape index (κ1) is 18.2. The molecular formula is C18H18FN3O3S. The molecule has 6 nitrogen and oxygen atoms in total. The minimum atomic E-state index is -3.70. The molecule has 0 fully saturated rings. The van der Waals surface area contributed by atoms with E-state index in [-0.39, 0.29) is 23.9 Å². The lowest BCUT2D eigenvalue weighted by Crippen LogP contribution is -2.37. The number of hydrogen-bond donors (Lipinski definition) is 1. The van der Waals surface area contributed by atoms with E-state index in [1.54, 1.807) is 24.5 Å². The minimum Gasteiger partial charge on any atom is -0.348 e. The lowest BCUT2D eigenvalue weighted by Gasteiger charge is -2.25. The maximum absolute atomic E-state index is 13.0. The summed E-state index contributed by atoms with van der Waals surface area (Å²) >= 11 is 0. The Morgan fingerprint density at radius 3 is 2.62 bits per heavy atom. The summed E-state index contributed by atoms with van der Waals surface area (Å²) in [5.41, 5.74) is 1.44. The summed E-state index contributed by atoms with van der Waals surface area (Å²) in [5.74, 6) is -0.706. The van der Waals surface area contributed by atoms with Crippen molar-refractivity contribution in [1.82, 2.24) is 14.6 Å². The topological polar surface area (TPSA) is 79.4 Å². The number of halogens is 1. The van der Waals surface area contributed by atoms with Gasteiger partial charge in [-0.1, -0.05) is 12.1 Å². The molecule has 1 aromatic carbocycles. The smallest absolute Gasteiger partial charge is 0.247 e. The molecule has 0 atom stereocenters. The third-order valence-corrected chi connectivity index (χ3v) is 5.97. The summed E-state index contributed by atoms with van der Waals surface area (Å²) in [6, 6.07) is 8.36. The van der Waals surface area contributed by atoms with E-state index in [1.165, 1.54) is 16.4 Å². The van der Waals surface area contributed by atoms with Gasteiger partial charge in [0.2, 0.25) is 15.9 Å². The van der Waals surface area contributed by atoms with E-state index >= 15 is 0 Å². The summed E-state index contributed by atoms with van der Waals surface area (Å²) in [5, 5.41) is 2.80. The van der Waals surface area contributed by atoms with E-state index in [2.05, 4.69) is 10.3 Å². The molecule has 1 amide bonds. The Labute approximate surface area is 151 Å². The first-order chi connectivity index (χ1) is 12.5. The Morgan fingerprint density at radius 1 is 1.23 bits per heavy atom. The van der Waals surface area contributed by atoms with Crippen LogP contribution >= 0.6 is 0 Å². The van der Waals surface area contributed by atoms with Crippen LogP contribution in [0.4, 0.5) is 4.39 Å². The van der Waals surface area contributed by atoms with Crippen LogP contribution in [0.5, 0.6) is 0 Å². The molecule has 0 unspecified atom stereocenters. The zero-order chi connectivity index (χ0) is 18.6. The number of benzene rings is 1. The van der Waals surface area contributed by atoms with Crippen molar-refractivity contribution in [3.63, 3.8) is 0 Å². The molecule has 0 radical (unpaired) electrons. The molecule has 2 aromatic rings. The second kappa shape index (κ2) is 7.76. The van der Waals surface area contributed by atoms with Crippen LogP contribution < -0.4 is 5.32 Å². The SMILES string of the molecule is O=C(NCc1cccnc1)C1=CCN(S(=O)(=O)c2ccc(F)cc2)CC1. The first-order valence-corrected chi connectivity index (χ1v) is 9.53. The lowest BCUT2D eigenvalue weighted by molar-refractivity contribution is -0.117. The van der Waals surface area contributed by atoms with E-state index in [1.807, 2.05) is 6.07 Å². The van der Waals surface area contributed by atoms with E-state index in [0.29, 0.717) is 18.5 Å². The second-order valence-corrected chi connectivity index (χ2v) is 7.78. The first-order valence-electron chi connectivity index (χ1n) is 8.08. The highest BCUT2D eigenvalue weighted by Gasteiger charge is 2.27. The van der Waals surface area contributed by atoms with E-state index in [0.717, 1.165) is 17.7 Å². The third kappa shape index (κ3) is 4.14. The number of hydrogen-bond acceptors (Lipinski definition) is 4. The van der Waals surface area contributed by atoms with Gasteiger partial charge in [-0.2, -0.15) is 4.31 Å². The van der Waals surface area contributed by atoms with Gasteiger partial charge in [-0.3, -0.25) is 9.78 Å². The Kier molecular flexibility index (Phi) is 5.43. The molecule has 3 rings (SSSR count). The van der Waals surface area contributed by atoms with Crippen molar-refractivity contribution in [3.05, 3.63) is 71.8 Å². The number of aromatic nitrogens is 1. The Balaban J connectivity index is 1.62. The van der Waals surface area contributed by atoms with Crippen LogP contribution in [0.2, 0.25) is 0 Å². The predicted molar refractivity (Wildman–Crippen MR) is 93.9 cm³/mol. The summed E-state index contributed by atoms with van der Waals surface area (Å²) in [4.78, 5) is 16.2. The number of rotatable bonds is 5. The van der Waals surface area contributed by atoms with Gasteiger partial charge in [0.15, 0.2) is 0 Å². The van der Waals surface area contributed by atoms with Crippen molar-refractivity contribution < 1.29 is 17.6 Å². The van der Waals surface area contributed by atoms with E-state index in [9.17, 15) is 17.6 Å². The number of amides is 1. The largest absolute Gasteiger partial charge is 0.348 e. The van der Waals surface area contributed by atoms with Crippen molar-refractivity contribution in [2.45, 2.75) is 17.9 Å². The molecule has 0 saturated carbocycles.